The summed E-state index contributed by atoms with van der Waals surface area (Å²) in [5, 5.41) is 9.71. The van der Waals surface area contributed by atoms with E-state index in [-0.39, 0.29) is 11.9 Å². The predicted octanol–water partition coefficient (Wildman–Crippen LogP) is 0.459. The van der Waals surface area contributed by atoms with Gasteiger partial charge in [0, 0.05) is 7.05 Å². The Balaban J connectivity index is 2.24. The van der Waals surface area contributed by atoms with E-state index in [4.69, 9.17) is 4.52 Å². The van der Waals surface area contributed by atoms with E-state index in [2.05, 4.69) is 15.8 Å². The normalized spacial score (nSPS) is 21.1. The first-order chi connectivity index (χ1) is 6.83. The van der Waals surface area contributed by atoms with Crippen LogP contribution in [0.5, 0.6) is 0 Å². The molecule has 0 unspecified atom stereocenters. The van der Waals surface area contributed by atoms with Gasteiger partial charge in [-0.05, 0) is 19.4 Å². The topological polar surface area (TPSA) is 67.2 Å². The summed E-state index contributed by atoms with van der Waals surface area (Å²) in [6, 6.07) is 0.168. The summed E-state index contributed by atoms with van der Waals surface area (Å²) in [5.74, 6) is -0.144. The Bertz CT molecular complexity index is 329. The number of aromatic nitrogens is 1. The summed E-state index contributed by atoms with van der Waals surface area (Å²) in [7, 11) is 1.60. The van der Waals surface area contributed by atoms with Crippen LogP contribution in [0.2, 0.25) is 0 Å². The van der Waals surface area contributed by atoms with E-state index in [9.17, 15) is 4.79 Å². The van der Waals surface area contributed by atoms with Crippen molar-refractivity contribution >= 4 is 5.91 Å². The molecule has 5 nitrogen and oxygen atoms in total. The molecular weight excluding hydrogens is 182 g/mol. The molecule has 1 saturated heterocycles. The third-order valence-electron chi connectivity index (χ3n) is 2.46. The molecule has 2 N–H and O–H groups in total. The van der Waals surface area contributed by atoms with Gasteiger partial charge in [-0.2, -0.15) is 0 Å². The van der Waals surface area contributed by atoms with Crippen molar-refractivity contribution < 1.29 is 9.32 Å². The molecule has 1 aromatic rings. The Morgan fingerprint density at radius 2 is 2.64 bits per heavy atom. The van der Waals surface area contributed by atoms with Crippen molar-refractivity contribution in [2.45, 2.75) is 18.9 Å². The van der Waals surface area contributed by atoms with Crippen molar-refractivity contribution in [2.75, 3.05) is 13.6 Å². The predicted molar refractivity (Wildman–Crippen MR) is 49.9 cm³/mol. The zero-order valence-electron chi connectivity index (χ0n) is 8.04. The monoisotopic (exact) mass is 195 g/mol. The summed E-state index contributed by atoms with van der Waals surface area (Å²) < 4.78 is 4.83. The minimum absolute atomic E-state index is 0.144. The highest BCUT2D eigenvalue weighted by Gasteiger charge is 2.25. The molecule has 1 atom stereocenters. The molecule has 2 rings (SSSR count). The number of carbonyl (C=O) groups excluding carboxylic acids is 1. The van der Waals surface area contributed by atoms with Crippen LogP contribution in [0.3, 0.4) is 0 Å². The molecule has 2 heterocycles. The average molecular weight is 195 g/mol. The first-order valence-electron chi connectivity index (χ1n) is 4.72. The number of carbonyl (C=O) groups is 1. The molecule has 0 radical (unpaired) electrons. The molecule has 0 aromatic carbocycles. The van der Waals surface area contributed by atoms with Crippen LogP contribution in [-0.4, -0.2) is 24.7 Å². The second-order valence-corrected chi connectivity index (χ2v) is 3.34. The van der Waals surface area contributed by atoms with Gasteiger partial charge < -0.3 is 15.2 Å². The van der Waals surface area contributed by atoms with E-state index in [1.807, 2.05) is 0 Å². The van der Waals surface area contributed by atoms with Gasteiger partial charge in [-0.3, -0.25) is 4.79 Å². The van der Waals surface area contributed by atoms with Crippen molar-refractivity contribution in [1.82, 2.24) is 15.8 Å². The van der Waals surface area contributed by atoms with Crippen LogP contribution in [0, 0.1) is 0 Å². The molecule has 76 valence electrons. The second kappa shape index (κ2) is 3.79. The number of amides is 1. The lowest BCUT2D eigenvalue weighted by Crippen LogP contribution is -2.22. The summed E-state index contributed by atoms with van der Waals surface area (Å²) in [4.78, 5) is 11.4. The van der Waals surface area contributed by atoms with Gasteiger partial charge in [0.1, 0.15) is 17.5 Å². The van der Waals surface area contributed by atoms with Gasteiger partial charge >= 0.3 is 0 Å². The van der Waals surface area contributed by atoms with Gasteiger partial charge in [0.15, 0.2) is 0 Å². The summed E-state index contributed by atoms with van der Waals surface area (Å²) in [6.45, 7) is 0.977. The van der Waals surface area contributed by atoms with Crippen LogP contribution < -0.4 is 10.6 Å². The fraction of sp³-hybridized carbons (Fsp3) is 0.556. The molecule has 1 aliphatic rings. The zero-order chi connectivity index (χ0) is 9.97. The van der Waals surface area contributed by atoms with Crippen LogP contribution in [0.1, 0.15) is 34.9 Å². The number of nitrogens with one attached hydrogen (secondary N) is 2. The third kappa shape index (κ3) is 1.50. The van der Waals surface area contributed by atoms with Crippen molar-refractivity contribution in [2.24, 2.45) is 0 Å². The van der Waals surface area contributed by atoms with Gasteiger partial charge in [0.05, 0.1) is 6.04 Å². The van der Waals surface area contributed by atoms with Crippen LogP contribution >= 0.6 is 0 Å². The summed E-state index contributed by atoms with van der Waals surface area (Å²) >= 11 is 0. The van der Waals surface area contributed by atoms with Crippen LogP contribution in [-0.2, 0) is 0 Å². The molecule has 1 aliphatic heterocycles. The Morgan fingerprint density at radius 3 is 3.29 bits per heavy atom. The number of hydrogen-bond donors (Lipinski definition) is 2. The number of nitrogens with zero attached hydrogens (tertiary/aromatic N) is 1. The van der Waals surface area contributed by atoms with Gasteiger partial charge in [-0.25, -0.2) is 0 Å². The fourth-order valence-corrected chi connectivity index (χ4v) is 1.72. The molecule has 1 aromatic heterocycles. The lowest BCUT2D eigenvalue weighted by atomic mass is 10.1. The Hall–Kier alpha value is -1.36. The molecule has 1 fully saturated rings. The third-order valence-corrected chi connectivity index (χ3v) is 2.46. The van der Waals surface area contributed by atoms with Crippen LogP contribution in [0.15, 0.2) is 10.8 Å². The Morgan fingerprint density at radius 1 is 1.79 bits per heavy atom. The van der Waals surface area contributed by atoms with Crippen LogP contribution in [0.4, 0.5) is 0 Å². The average Bonchev–Trinajstić information content (AvgIpc) is 2.85. The number of hydrogen-bond acceptors (Lipinski definition) is 4. The summed E-state index contributed by atoms with van der Waals surface area (Å²) in [5.41, 5.74) is 1.26. The highest BCUT2D eigenvalue weighted by atomic mass is 16.5. The van der Waals surface area contributed by atoms with Crippen molar-refractivity contribution in [1.29, 1.82) is 0 Å². The maximum atomic E-state index is 11.4. The lowest BCUT2D eigenvalue weighted by molar-refractivity contribution is 0.0961. The quantitative estimate of drug-likeness (QED) is 0.719. The van der Waals surface area contributed by atoms with E-state index in [1.54, 1.807) is 7.05 Å². The highest BCUT2D eigenvalue weighted by molar-refractivity contribution is 5.94. The van der Waals surface area contributed by atoms with Crippen molar-refractivity contribution in [3.05, 3.63) is 17.5 Å². The van der Waals surface area contributed by atoms with Crippen molar-refractivity contribution in [3.63, 3.8) is 0 Å². The maximum absolute atomic E-state index is 11.4. The second-order valence-electron chi connectivity index (χ2n) is 3.34. The Kier molecular flexibility index (Phi) is 2.49. The van der Waals surface area contributed by atoms with Crippen molar-refractivity contribution in [3.8, 4) is 0 Å². The molecule has 0 spiro atoms. The largest absolute Gasteiger partial charge is 0.364 e. The van der Waals surface area contributed by atoms with E-state index in [0.717, 1.165) is 25.1 Å². The molecule has 1 amide bonds. The van der Waals surface area contributed by atoms with E-state index in [0.29, 0.717) is 5.56 Å². The fourth-order valence-electron chi connectivity index (χ4n) is 1.72. The number of rotatable bonds is 2. The van der Waals surface area contributed by atoms with Gasteiger partial charge in [-0.15, -0.1) is 0 Å². The lowest BCUT2D eigenvalue weighted by Gasteiger charge is -2.07. The minimum Gasteiger partial charge on any atom is -0.364 e. The van der Waals surface area contributed by atoms with Crippen LogP contribution in [0.25, 0.3) is 0 Å². The van der Waals surface area contributed by atoms with Gasteiger partial charge in [0.2, 0.25) is 0 Å². The standard InChI is InChI=1S/C9H13N3O2/c1-10-9(13)6-5-14-12-8(6)7-3-2-4-11-7/h5,7,11H,2-4H2,1H3,(H,10,13)/t7-/m1/s1. The van der Waals surface area contributed by atoms with E-state index >= 15 is 0 Å². The maximum Gasteiger partial charge on any atom is 0.256 e. The van der Waals surface area contributed by atoms with E-state index < -0.39 is 0 Å². The first-order valence-corrected chi connectivity index (χ1v) is 4.72. The molecule has 14 heavy (non-hydrogen) atoms. The first kappa shape index (κ1) is 9.21. The van der Waals surface area contributed by atoms with E-state index in [1.165, 1.54) is 6.26 Å². The van der Waals surface area contributed by atoms with Gasteiger partial charge in [-0.1, -0.05) is 5.16 Å². The zero-order valence-corrected chi connectivity index (χ0v) is 8.04. The molecule has 0 bridgehead atoms. The molecule has 5 heteroatoms. The van der Waals surface area contributed by atoms with Gasteiger partial charge in [0.25, 0.3) is 5.91 Å². The summed E-state index contributed by atoms with van der Waals surface area (Å²) in [6.07, 6.45) is 3.52. The molecule has 0 saturated carbocycles. The smallest absolute Gasteiger partial charge is 0.256 e. The molecule has 0 aliphatic carbocycles. The Labute approximate surface area is 81.8 Å². The highest BCUT2D eigenvalue weighted by Crippen LogP contribution is 2.24. The SMILES string of the molecule is CNC(=O)c1conc1[C@H]1CCCN1. The minimum atomic E-state index is -0.144. The molecular formula is C9H13N3O2.